The third-order valence-electron chi connectivity index (χ3n) is 4.48. The number of carbonyl (C=O) groups is 1. The minimum Gasteiger partial charge on any atom is -0.490 e. The molecule has 3 rings (SSSR count). The molecule has 0 aliphatic carbocycles. The summed E-state index contributed by atoms with van der Waals surface area (Å²) in [6.07, 6.45) is 2.25. The van der Waals surface area contributed by atoms with Crippen LogP contribution in [0.1, 0.15) is 18.4 Å². The molecule has 0 saturated carbocycles. The molecule has 2 aromatic carbocycles. The van der Waals surface area contributed by atoms with Gasteiger partial charge in [-0.15, -0.1) is 0 Å². The van der Waals surface area contributed by atoms with Crippen LogP contribution in [-0.2, 0) is 11.2 Å². The van der Waals surface area contributed by atoms with Crippen LogP contribution in [0.15, 0.2) is 54.6 Å². The second-order valence-electron chi connectivity index (χ2n) is 6.23. The lowest BCUT2D eigenvalue weighted by Crippen LogP contribution is -2.40. The Kier molecular flexibility index (Phi) is 5.47. The number of amides is 1. The standard InChI is InChI=1S/C20H22FNO2/c21-18-8-4-5-9-19(18)24-15-17-10-12-22(13-11-17)20(23)14-16-6-2-1-3-7-16/h1-9,17H,10-15H2. The number of hydrogen-bond acceptors (Lipinski definition) is 2. The lowest BCUT2D eigenvalue weighted by atomic mass is 9.97. The molecule has 1 saturated heterocycles. The number of nitrogens with zero attached hydrogens (tertiary/aromatic N) is 1. The molecule has 0 N–H and O–H groups in total. The average Bonchev–Trinajstić information content (AvgIpc) is 2.62. The van der Waals surface area contributed by atoms with Crippen molar-refractivity contribution in [3.63, 3.8) is 0 Å². The zero-order valence-corrected chi connectivity index (χ0v) is 13.7. The fraction of sp³-hybridized carbons (Fsp3) is 0.350. The molecule has 126 valence electrons. The summed E-state index contributed by atoms with van der Waals surface area (Å²) in [5, 5.41) is 0. The summed E-state index contributed by atoms with van der Waals surface area (Å²) in [7, 11) is 0. The van der Waals surface area contributed by atoms with E-state index in [9.17, 15) is 9.18 Å². The van der Waals surface area contributed by atoms with Crippen LogP contribution in [-0.4, -0.2) is 30.5 Å². The fourth-order valence-corrected chi connectivity index (χ4v) is 3.00. The minimum absolute atomic E-state index is 0.176. The fourth-order valence-electron chi connectivity index (χ4n) is 3.00. The Labute approximate surface area is 142 Å². The van der Waals surface area contributed by atoms with Crippen molar-refractivity contribution in [3.05, 3.63) is 66.0 Å². The molecular weight excluding hydrogens is 305 g/mol. The van der Waals surface area contributed by atoms with Crippen molar-refractivity contribution < 1.29 is 13.9 Å². The van der Waals surface area contributed by atoms with Crippen LogP contribution >= 0.6 is 0 Å². The molecule has 0 atom stereocenters. The molecule has 1 aliphatic rings. The summed E-state index contributed by atoms with van der Waals surface area (Å²) >= 11 is 0. The summed E-state index contributed by atoms with van der Waals surface area (Å²) in [6.45, 7) is 2.00. The SMILES string of the molecule is O=C(Cc1ccccc1)N1CCC(COc2ccccc2F)CC1. The van der Waals surface area contributed by atoms with E-state index in [0.29, 0.717) is 24.7 Å². The molecule has 0 radical (unpaired) electrons. The van der Waals surface area contributed by atoms with Crippen molar-refractivity contribution in [2.24, 2.45) is 5.92 Å². The molecule has 1 heterocycles. The van der Waals surface area contributed by atoms with Gasteiger partial charge in [-0.05, 0) is 36.5 Å². The second kappa shape index (κ2) is 7.95. The number of benzene rings is 2. The van der Waals surface area contributed by atoms with Crippen LogP contribution in [0.5, 0.6) is 5.75 Å². The van der Waals surface area contributed by atoms with E-state index < -0.39 is 0 Å². The number of para-hydroxylation sites is 1. The van der Waals surface area contributed by atoms with E-state index in [1.807, 2.05) is 35.2 Å². The van der Waals surface area contributed by atoms with Crippen molar-refractivity contribution in [2.45, 2.75) is 19.3 Å². The van der Waals surface area contributed by atoms with E-state index in [1.165, 1.54) is 6.07 Å². The Balaban J connectivity index is 1.44. The molecule has 2 aromatic rings. The number of piperidine rings is 1. The van der Waals surface area contributed by atoms with Crippen LogP contribution in [0.2, 0.25) is 0 Å². The average molecular weight is 327 g/mol. The highest BCUT2D eigenvalue weighted by Crippen LogP contribution is 2.21. The van der Waals surface area contributed by atoms with Gasteiger partial charge in [0, 0.05) is 13.1 Å². The highest BCUT2D eigenvalue weighted by atomic mass is 19.1. The molecule has 1 amide bonds. The van der Waals surface area contributed by atoms with Crippen LogP contribution in [0.3, 0.4) is 0 Å². The largest absolute Gasteiger partial charge is 0.490 e. The second-order valence-corrected chi connectivity index (χ2v) is 6.23. The van der Waals surface area contributed by atoms with Gasteiger partial charge in [-0.3, -0.25) is 4.79 Å². The summed E-state index contributed by atoms with van der Waals surface area (Å²) in [5.74, 6) is 0.521. The van der Waals surface area contributed by atoms with Gasteiger partial charge in [-0.1, -0.05) is 42.5 Å². The molecule has 1 aliphatic heterocycles. The maximum atomic E-state index is 13.5. The first-order valence-corrected chi connectivity index (χ1v) is 8.41. The first-order chi connectivity index (χ1) is 11.7. The smallest absolute Gasteiger partial charge is 0.226 e. The van der Waals surface area contributed by atoms with E-state index in [4.69, 9.17) is 4.74 Å². The van der Waals surface area contributed by atoms with Gasteiger partial charge in [0.25, 0.3) is 0 Å². The van der Waals surface area contributed by atoms with E-state index in [-0.39, 0.29) is 11.7 Å². The monoisotopic (exact) mass is 327 g/mol. The van der Waals surface area contributed by atoms with Crippen molar-refractivity contribution in [3.8, 4) is 5.75 Å². The highest BCUT2D eigenvalue weighted by molar-refractivity contribution is 5.78. The van der Waals surface area contributed by atoms with E-state index in [0.717, 1.165) is 31.5 Å². The molecule has 1 fully saturated rings. The lowest BCUT2D eigenvalue weighted by Gasteiger charge is -2.32. The first-order valence-electron chi connectivity index (χ1n) is 8.41. The maximum Gasteiger partial charge on any atom is 0.226 e. The predicted octanol–water partition coefficient (Wildman–Crippen LogP) is 3.69. The molecule has 3 nitrogen and oxygen atoms in total. The van der Waals surface area contributed by atoms with E-state index >= 15 is 0 Å². The molecular formula is C20H22FNO2. The van der Waals surface area contributed by atoms with Gasteiger partial charge < -0.3 is 9.64 Å². The summed E-state index contributed by atoms with van der Waals surface area (Å²) in [6, 6.07) is 16.3. The van der Waals surface area contributed by atoms with Gasteiger partial charge in [-0.25, -0.2) is 4.39 Å². The van der Waals surface area contributed by atoms with Crippen LogP contribution in [0.4, 0.5) is 4.39 Å². The zero-order valence-electron chi connectivity index (χ0n) is 13.7. The van der Waals surface area contributed by atoms with Crippen LogP contribution in [0.25, 0.3) is 0 Å². The van der Waals surface area contributed by atoms with E-state index in [1.54, 1.807) is 18.2 Å². The quantitative estimate of drug-likeness (QED) is 0.838. The molecule has 4 heteroatoms. The Hall–Kier alpha value is -2.36. The molecule has 0 bridgehead atoms. The predicted molar refractivity (Wildman–Crippen MR) is 91.3 cm³/mol. The molecule has 0 spiro atoms. The van der Waals surface area contributed by atoms with Crippen LogP contribution in [0, 0.1) is 11.7 Å². The van der Waals surface area contributed by atoms with Crippen LogP contribution < -0.4 is 4.74 Å². The van der Waals surface area contributed by atoms with Gasteiger partial charge in [0.2, 0.25) is 5.91 Å². The van der Waals surface area contributed by atoms with Crippen molar-refractivity contribution in [1.82, 2.24) is 4.90 Å². The van der Waals surface area contributed by atoms with Gasteiger partial charge in [0.1, 0.15) is 0 Å². The number of rotatable bonds is 5. The van der Waals surface area contributed by atoms with Crippen molar-refractivity contribution in [1.29, 1.82) is 0 Å². The van der Waals surface area contributed by atoms with Gasteiger partial charge in [-0.2, -0.15) is 0 Å². The topological polar surface area (TPSA) is 29.5 Å². The first kappa shape index (κ1) is 16.5. The Morgan fingerprint density at radius 1 is 1.04 bits per heavy atom. The lowest BCUT2D eigenvalue weighted by molar-refractivity contribution is -0.132. The number of carbonyl (C=O) groups excluding carboxylic acids is 1. The normalized spacial score (nSPS) is 15.3. The summed E-state index contributed by atoms with van der Waals surface area (Å²) < 4.78 is 19.1. The third-order valence-corrected chi connectivity index (χ3v) is 4.48. The number of likely N-dealkylation sites (tertiary alicyclic amines) is 1. The van der Waals surface area contributed by atoms with Crippen molar-refractivity contribution in [2.75, 3.05) is 19.7 Å². The zero-order chi connectivity index (χ0) is 16.8. The van der Waals surface area contributed by atoms with Gasteiger partial charge in [0.05, 0.1) is 13.0 Å². The number of ether oxygens (including phenoxy) is 1. The molecule has 0 aromatic heterocycles. The number of hydrogen-bond donors (Lipinski definition) is 0. The maximum absolute atomic E-state index is 13.5. The highest BCUT2D eigenvalue weighted by Gasteiger charge is 2.23. The van der Waals surface area contributed by atoms with Gasteiger partial charge >= 0.3 is 0 Å². The molecule has 0 unspecified atom stereocenters. The van der Waals surface area contributed by atoms with Gasteiger partial charge in [0.15, 0.2) is 11.6 Å². The third kappa shape index (κ3) is 4.34. The minimum atomic E-state index is -0.326. The Morgan fingerprint density at radius 3 is 2.42 bits per heavy atom. The van der Waals surface area contributed by atoms with Crippen molar-refractivity contribution >= 4 is 5.91 Å². The number of halogens is 1. The van der Waals surface area contributed by atoms with E-state index in [2.05, 4.69) is 0 Å². The Bertz CT molecular complexity index is 666. The summed E-state index contributed by atoms with van der Waals surface area (Å²) in [5.41, 5.74) is 1.05. The molecule has 24 heavy (non-hydrogen) atoms. The summed E-state index contributed by atoms with van der Waals surface area (Å²) in [4.78, 5) is 14.3. The Morgan fingerprint density at radius 2 is 1.71 bits per heavy atom.